The fourth-order valence-corrected chi connectivity index (χ4v) is 3.38. The van der Waals surface area contributed by atoms with Crippen LogP contribution >= 0.6 is 39.1 Å². The molecule has 2 aromatic carbocycles. The van der Waals surface area contributed by atoms with E-state index in [1.54, 1.807) is 43.3 Å². The Kier molecular flexibility index (Phi) is 7.95. The molecule has 0 heterocycles. The molecule has 0 saturated heterocycles. The summed E-state index contributed by atoms with van der Waals surface area (Å²) in [4.78, 5) is 26.3. The van der Waals surface area contributed by atoms with Crippen LogP contribution in [0, 0.1) is 0 Å². The van der Waals surface area contributed by atoms with Gasteiger partial charge in [-0.05, 0) is 42.8 Å². The van der Waals surface area contributed by atoms with Crippen molar-refractivity contribution in [2.75, 3.05) is 13.7 Å². The van der Waals surface area contributed by atoms with Crippen molar-refractivity contribution in [1.82, 2.24) is 10.2 Å². The second-order valence-electron chi connectivity index (χ2n) is 5.81. The molecule has 0 aliphatic heterocycles. The molecule has 0 aliphatic carbocycles. The molecule has 0 radical (unpaired) electrons. The average Bonchev–Trinajstić information content (AvgIpc) is 2.64. The van der Waals surface area contributed by atoms with Crippen LogP contribution in [0.4, 0.5) is 0 Å². The predicted molar refractivity (Wildman–Crippen MR) is 110 cm³/mol. The van der Waals surface area contributed by atoms with Crippen LogP contribution in [-0.4, -0.2) is 36.4 Å². The minimum atomic E-state index is -0.675. The third-order valence-electron chi connectivity index (χ3n) is 3.90. The van der Waals surface area contributed by atoms with Crippen molar-refractivity contribution in [2.24, 2.45) is 0 Å². The van der Waals surface area contributed by atoms with Crippen molar-refractivity contribution in [3.05, 3.63) is 62.5 Å². The van der Waals surface area contributed by atoms with Gasteiger partial charge in [0, 0.05) is 23.1 Å². The zero-order valence-electron chi connectivity index (χ0n) is 14.8. The first kappa shape index (κ1) is 21.5. The van der Waals surface area contributed by atoms with Gasteiger partial charge in [0.1, 0.15) is 11.8 Å². The fraction of sp³-hybridized carbons (Fsp3) is 0.263. The number of rotatable bonds is 7. The molecule has 27 heavy (non-hydrogen) atoms. The number of benzene rings is 2. The molecule has 0 aromatic heterocycles. The van der Waals surface area contributed by atoms with Gasteiger partial charge in [0.05, 0.1) is 5.02 Å². The van der Waals surface area contributed by atoms with Crippen LogP contribution in [0.1, 0.15) is 12.5 Å². The number of hydrogen-bond acceptors (Lipinski definition) is 3. The molecule has 0 saturated carbocycles. The summed E-state index contributed by atoms with van der Waals surface area (Å²) in [7, 11) is 1.53. The molecule has 5 nitrogen and oxygen atoms in total. The lowest BCUT2D eigenvalue weighted by atomic mass is 10.1. The van der Waals surface area contributed by atoms with Crippen molar-refractivity contribution >= 4 is 50.9 Å². The van der Waals surface area contributed by atoms with E-state index in [2.05, 4.69) is 21.2 Å². The summed E-state index contributed by atoms with van der Waals surface area (Å²) in [5, 5.41) is 3.51. The standard InChI is InChI=1S/C19H19BrCl2N2O3/c1-12(19(26)23-2)24(10-13-4-3-5-15(21)8-13)18(25)11-27-17-7-6-14(20)9-16(17)22/h3-9,12H,10-11H2,1-2H3,(H,23,26). The first-order valence-electron chi connectivity index (χ1n) is 8.15. The zero-order chi connectivity index (χ0) is 20.0. The Morgan fingerprint density at radius 2 is 1.96 bits per heavy atom. The van der Waals surface area contributed by atoms with Crippen LogP contribution in [0.25, 0.3) is 0 Å². The van der Waals surface area contributed by atoms with Gasteiger partial charge in [-0.1, -0.05) is 51.3 Å². The third kappa shape index (κ3) is 6.13. The van der Waals surface area contributed by atoms with Crippen molar-refractivity contribution in [1.29, 1.82) is 0 Å². The lowest BCUT2D eigenvalue weighted by molar-refractivity contribution is -0.142. The van der Waals surface area contributed by atoms with Gasteiger partial charge < -0.3 is 15.0 Å². The van der Waals surface area contributed by atoms with Crippen molar-refractivity contribution in [2.45, 2.75) is 19.5 Å². The van der Waals surface area contributed by atoms with Gasteiger partial charge in [-0.3, -0.25) is 9.59 Å². The van der Waals surface area contributed by atoms with Gasteiger partial charge in [0.15, 0.2) is 6.61 Å². The molecule has 144 valence electrons. The molecule has 0 spiro atoms. The molecular weight excluding hydrogens is 455 g/mol. The SMILES string of the molecule is CNC(=O)C(C)N(Cc1cccc(Cl)c1)C(=O)COc1ccc(Br)cc1Cl. The maximum atomic E-state index is 12.8. The largest absolute Gasteiger partial charge is 0.482 e. The molecule has 2 aromatic rings. The Bertz CT molecular complexity index is 832. The Morgan fingerprint density at radius 1 is 1.22 bits per heavy atom. The summed E-state index contributed by atoms with van der Waals surface area (Å²) in [6, 6.07) is 11.6. The zero-order valence-corrected chi connectivity index (χ0v) is 17.9. The first-order valence-corrected chi connectivity index (χ1v) is 9.70. The van der Waals surface area contributed by atoms with Gasteiger partial charge in [-0.25, -0.2) is 0 Å². The van der Waals surface area contributed by atoms with Gasteiger partial charge in [0.2, 0.25) is 5.91 Å². The highest BCUT2D eigenvalue weighted by atomic mass is 79.9. The Hall–Kier alpha value is -1.76. The molecule has 8 heteroatoms. The number of hydrogen-bond donors (Lipinski definition) is 1. The first-order chi connectivity index (χ1) is 12.8. The molecule has 0 fully saturated rings. The number of amides is 2. The lowest BCUT2D eigenvalue weighted by Crippen LogP contribution is -2.48. The monoisotopic (exact) mass is 472 g/mol. The number of carbonyl (C=O) groups excluding carboxylic acids is 2. The maximum Gasteiger partial charge on any atom is 0.261 e. The van der Waals surface area contributed by atoms with E-state index in [4.69, 9.17) is 27.9 Å². The number of nitrogens with one attached hydrogen (secondary N) is 1. The van der Waals surface area contributed by atoms with E-state index in [0.29, 0.717) is 15.8 Å². The average molecular weight is 474 g/mol. The molecule has 1 unspecified atom stereocenters. The summed E-state index contributed by atoms with van der Waals surface area (Å²) >= 11 is 15.5. The Balaban J connectivity index is 2.15. The molecule has 2 rings (SSSR count). The van der Waals surface area contributed by atoms with Crippen molar-refractivity contribution in [3.8, 4) is 5.75 Å². The topological polar surface area (TPSA) is 58.6 Å². The van der Waals surface area contributed by atoms with E-state index in [1.165, 1.54) is 11.9 Å². The summed E-state index contributed by atoms with van der Waals surface area (Å²) in [5.41, 5.74) is 0.813. The molecular formula is C19H19BrCl2N2O3. The van der Waals surface area contributed by atoms with E-state index in [9.17, 15) is 9.59 Å². The Morgan fingerprint density at radius 3 is 2.59 bits per heavy atom. The van der Waals surface area contributed by atoms with Crippen LogP contribution in [0.15, 0.2) is 46.9 Å². The van der Waals surface area contributed by atoms with E-state index < -0.39 is 6.04 Å². The van der Waals surface area contributed by atoms with E-state index in [1.807, 2.05) is 6.07 Å². The lowest BCUT2D eigenvalue weighted by Gasteiger charge is -2.28. The normalized spacial score (nSPS) is 11.6. The molecule has 1 atom stereocenters. The van der Waals surface area contributed by atoms with E-state index in [-0.39, 0.29) is 25.0 Å². The fourth-order valence-electron chi connectivity index (χ4n) is 2.44. The van der Waals surface area contributed by atoms with Crippen LogP contribution in [0.2, 0.25) is 10.0 Å². The molecule has 0 bridgehead atoms. The van der Waals surface area contributed by atoms with Crippen LogP contribution < -0.4 is 10.1 Å². The predicted octanol–water partition coefficient (Wildman–Crippen LogP) is 4.30. The minimum absolute atomic E-state index is 0.228. The Labute approximate surface area is 176 Å². The summed E-state index contributed by atoms with van der Waals surface area (Å²) in [5.74, 6) is -0.222. The van der Waals surface area contributed by atoms with Crippen LogP contribution in [0.5, 0.6) is 5.75 Å². The van der Waals surface area contributed by atoms with Gasteiger partial charge >= 0.3 is 0 Å². The maximum absolute atomic E-state index is 12.8. The number of likely N-dealkylation sites (N-methyl/N-ethyl adjacent to an activating group) is 1. The smallest absolute Gasteiger partial charge is 0.261 e. The second kappa shape index (κ2) is 9.97. The second-order valence-corrected chi connectivity index (χ2v) is 7.56. The van der Waals surface area contributed by atoms with Crippen LogP contribution in [0.3, 0.4) is 0 Å². The number of nitrogens with zero attached hydrogens (tertiary/aromatic N) is 1. The number of ether oxygens (including phenoxy) is 1. The highest BCUT2D eigenvalue weighted by Gasteiger charge is 2.26. The molecule has 2 amide bonds. The van der Waals surface area contributed by atoms with Crippen molar-refractivity contribution in [3.63, 3.8) is 0 Å². The van der Waals surface area contributed by atoms with Gasteiger partial charge in [0.25, 0.3) is 5.91 Å². The van der Waals surface area contributed by atoms with Gasteiger partial charge in [-0.15, -0.1) is 0 Å². The summed E-state index contributed by atoms with van der Waals surface area (Å²) in [6.07, 6.45) is 0. The van der Waals surface area contributed by atoms with Crippen LogP contribution in [-0.2, 0) is 16.1 Å². The minimum Gasteiger partial charge on any atom is -0.482 e. The number of carbonyl (C=O) groups is 2. The highest BCUT2D eigenvalue weighted by molar-refractivity contribution is 9.10. The van der Waals surface area contributed by atoms with Gasteiger partial charge in [-0.2, -0.15) is 0 Å². The number of halogens is 3. The quantitative estimate of drug-likeness (QED) is 0.652. The van der Waals surface area contributed by atoms with E-state index in [0.717, 1.165) is 10.0 Å². The highest BCUT2D eigenvalue weighted by Crippen LogP contribution is 2.27. The molecule has 0 aliphatic rings. The van der Waals surface area contributed by atoms with Crippen molar-refractivity contribution < 1.29 is 14.3 Å². The molecule has 1 N–H and O–H groups in total. The summed E-state index contributed by atoms with van der Waals surface area (Å²) < 4.78 is 6.37. The van der Waals surface area contributed by atoms with E-state index >= 15 is 0 Å². The summed E-state index contributed by atoms with van der Waals surface area (Å²) in [6.45, 7) is 1.64. The third-order valence-corrected chi connectivity index (χ3v) is 4.92.